The second-order valence-electron chi connectivity index (χ2n) is 6.64. The fourth-order valence-corrected chi connectivity index (χ4v) is 2.67. The van der Waals surface area contributed by atoms with E-state index in [0.717, 1.165) is 48.0 Å². The van der Waals surface area contributed by atoms with E-state index in [1.165, 1.54) is 6.08 Å². The highest BCUT2D eigenvalue weighted by molar-refractivity contribution is 5.92. The molecule has 2 N–H and O–H groups in total. The number of nitrogens with zero attached hydrogens (tertiary/aromatic N) is 2. The summed E-state index contributed by atoms with van der Waals surface area (Å²) < 4.78 is 5.18. The lowest BCUT2D eigenvalue weighted by Crippen LogP contribution is -2.33. The summed E-state index contributed by atoms with van der Waals surface area (Å²) in [7, 11) is 0. The molecule has 2 heterocycles. The number of allylic oxidation sites excluding steroid dienone is 1. The second kappa shape index (κ2) is 8.10. The van der Waals surface area contributed by atoms with E-state index in [1.807, 2.05) is 32.0 Å². The molecule has 1 aliphatic rings. The van der Waals surface area contributed by atoms with E-state index < -0.39 is 0 Å². The lowest BCUT2D eigenvalue weighted by atomic mass is 10.0. The molecule has 1 saturated heterocycles. The van der Waals surface area contributed by atoms with Crippen molar-refractivity contribution in [2.45, 2.75) is 20.3 Å². The molecule has 0 aliphatic carbocycles. The Kier molecular flexibility index (Phi) is 5.63. The Labute approximate surface area is 153 Å². The molecule has 136 valence electrons. The summed E-state index contributed by atoms with van der Waals surface area (Å²) in [4.78, 5) is 20.7. The van der Waals surface area contributed by atoms with Gasteiger partial charge in [-0.3, -0.25) is 4.79 Å². The first kappa shape index (κ1) is 18.1. The first-order chi connectivity index (χ1) is 12.5. The van der Waals surface area contributed by atoms with Gasteiger partial charge in [-0.05, 0) is 31.6 Å². The maximum atomic E-state index is 11.8. The van der Waals surface area contributed by atoms with Gasteiger partial charge in [0.25, 0.3) is 0 Å². The third-order valence-corrected chi connectivity index (χ3v) is 4.33. The lowest BCUT2D eigenvalue weighted by molar-refractivity contribution is -0.114. The minimum absolute atomic E-state index is 0.0110. The van der Waals surface area contributed by atoms with Gasteiger partial charge >= 0.3 is 0 Å². The molecule has 0 spiro atoms. The first-order valence-electron chi connectivity index (χ1n) is 8.72. The summed E-state index contributed by atoms with van der Waals surface area (Å²) in [5.41, 5.74) is 3.83. The van der Waals surface area contributed by atoms with Crippen molar-refractivity contribution in [3.05, 3.63) is 53.7 Å². The zero-order valence-electron chi connectivity index (χ0n) is 15.2. The standard InChI is InChI=1S/C20H24N4O2/c1-4-17(25)8-16-7-13(2)5-6-18(16)23-19-14(3)9-21-20(24-19)22-10-15-11-26-12-15/h4-7,9,15H,1,8,10-12H2,2-3H3,(H2,21,22,23,24). The Morgan fingerprint density at radius 2 is 2.19 bits per heavy atom. The fraction of sp³-hybridized carbons (Fsp3) is 0.350. The second-order valence-corrected chi connectivity index (χ2v) is 6.64. The number of carbonyl (C=O) groups excluding carboxylic acids is 1. The molecule has 1 aromatic carbocycles. The van der Waals surface area contributed by atoms with Crippen LogP contribution in [-0.2, 0) is 16.0 Å². The summed E-state index contributed by atoms with van der Waals surface area (Å²) in [6.07, 6.45) is 3.45. The summed E-state index contributed by atoms with van der Waals surface area (Å²) >= 11 is 0. The molecule has 0 bridgehead atoms. The molecule has 6 nitrogen and oxygen atoms in total. The highest BCUT2D eigenvalue weighted by Crippen LogP contribution is 2.24. The van der Waals surface area contributed by atoms with E-state index in [9.17, 15) is 4.79 Å². The molecule has 0 saturated carbocycles. The third-order valence-electron chi connectivity index (χ3n) is 4.33. The Morgan fingerprint density at radius 3 is 2.88 bits per heavy atom. The van der Waals surface area contributed by atoms with Gasteiger partial charge in [-0.25, -0.2) is 4.98 Å². The van der Waals surface area contributed by atoms with Crippen molar-refractivity contribution in [3.63, 3.8) is 0 Å². The monoisotopic (exact) mass is 352 g/mol. The van der Waals surface area contributed by atoms with Crippen LogP contribution in [0.5, 0.6) is 0 Å². The first-order valence-corrected chi connectivity index (χ1v) is 8.72. The number of ether oxygens (including phenoxy) is 1. The van der Waals surface area contributed by atoms with Gasteiger partial charge in [0, 0.05) is 36.3 Å². The van der Waals surface area contributed by atoms with E-state index in [4.69, 9.17) is 4.74 Å². The molecule has 0 radical (unpaired) electrons. The Morgan fingerprint density at radius 1 is 1.38 bits per heavy atom. The van der Waals surface area contributed by atoms with E-state index in [0.29, 0.717) is 18.3 Å². The van der Waals surface area contributed by atoms with Crippen molar-refractivity contribution in [1.82, 2.24) is 9.97 Å². The van der Waals surface area contributed by atoms with Gasteiger partial charge in [0.1, 0.15) is 5.82 Å². The number of hydrogen-bond acceptors (Lipinski definition) is 6. The summed E-state index contributed by atoms with van der Waals surface area (Å²) in [6, 6.07) is 5.99. The summed E-state index contributed by atoms with van der Waals surface area (Å²) in [5.74, 6) is 1.82. The van der Waals surface area contributed by atoms with Gasteiger partial charge < -0.3 is 15.4 Å². The van der Waals surface area contributed by atoms with Crippen molar-refractivity contribution in [1.29, 1.82) is 0 Å². The molecule has 1 aromatic heterocycles. The molecule has 0 unspecified atom stereocenters. The summed E-state index contributed by atoms with van der Waals surface area (Å²) in [6.45, 7) is 9.89. The van der Waals surface area contributed by atoms with Crippen LogP contribution in [0.1, 0.15) is 16.7 Å². The Balaban J connectivity index is 1.78. The van der Waals surface area contributed by atoms with Crippen LogP contribution in [0, 0.1) is 19.8 Å². The van der Waals surface area contributed by atoms with Crippen molar-refractivity contribution in [3.8, 4) is 0 Å². The molecule has 1 aliphatic heterocycles. The Hall–Kier alpha value is -2.73. The smallest absolute Gasteiger partial charge is 0.224 e. The van der Waals surface area contributed by atoms with Crippen molar-refractivity contribution in [2.24, 2.45) is 5.92 Å². The maximum absolute atomic E-state index is 11.8. The molecule has 2 aromatic rings. The third kappa shape index (κ3) is 4.46. The van der Waals surface area contributed by atoms with Crippen molar-refractivity contribution in [2.75, 3.05) is 30.4 Å². The van der Waals surface area contributed by atoms with Crippen LogP contribution in [0.3, 0.4) is 0 Å². The zero-order valence-corrected chi connectivity index (χ0v) is 15.2. The van der Waals surface area contributed by atoms with E-state index >= 15 is 0 Å². The fourth-order valence-electron chi connectivity index (χ4n) is 2.67. The molecule has 0 amide bonds. The van der Waals surface area contributed by atoms with Gasteiger partial charge in [-0.15, -0.1) is 0 Å². The van der Waals surface area contributed by atoms with Crippen LogP contribution < -0.4 is 10.6 Å². The molecule has 3 rings (SSSR count). The highest BCUT2D eigenvalue weighted by atomic mass is 16.5. The SMILES string of the molecule is C=CC(=O)Cc1cc(C)ccc1Nc1nc(NCC2COC2)ncc1C. The van der Waals surface area contributed by atoms with Gasteiger partial charge in [0.05, 0.1) is 13.2 Å². The number of ketones is 1. The van der Waals surface area contributed by atoms with Crippen LogP contribution >= 0.6 is 0 Å². The number of carbonyl (C=O) groups is 1. The molecular weight excluding hydrogens is 328 g/mol. The average Bonchev–Trinajstić information content (AvgIpc) is 2.58. The predicted octanol–water partition coefficient (Wildman–Crippen LogP) is 3.19. The van der Waals surface area contributed by atoms with E-state index in [2.05, 4.69) is 27.2 Å². The van der Waals surface area contributed by atoms with E-state index in [-0.39, 0.29) is 5.78 Å². The van der Waals surface area contributed by atoms with Gasteiger partial charge in [0.15, 0.2) is 5.78 Å². The minimum atomic E-state index is -0.0110. The topological polar surface area (TPSA) is 76.1 Å². The van der Waals surface area contributed by atoms with Gasteiger partial charge in [-0.2, -0.15) is 4.98 Å². The number of aryl methyl sites for hydroxylation is 2. The van der Waals surface area contributed by atoms with Crippen molar-refractivity contribution >= 4 is 23.2 Å². The van der Waals surface area contributed by atoms with Crippen LogP contribution in [0.4, 0.5) is 17.5 Å². The Bertz CT molecular complexity index is 815. The predicted molar refractivity (Wildman–Crippen MR) is 103 cm³/mol. The number of hydrogen-bond donors (Lipinski definition) is 2. The lowest BCUT2D eigenvalue weighted by Gasteiger charge is -2.26. The van der Waals surface area contributed by atoms with Crippen LogP contribution in [0.25, 0.3) is 0 Å². The molecule has 6 heteroatoms. The molecular formula is C20H24N4O2. The normalized spacial score (nSPS) is 13.8. The van der Waals surface area contributed by atoms with Crippen LogP contribution in [0.2, 0.25) is 0 Å². The number of aromatic nitrogens is 2. The summed E-state index contributed by atoms with van der Waals surface area (Å²) in [5, 5.41) is 6.61. The van der Waals surface area contributed by atoms with Gasteiger partial charge in [-0.1, -0.05) is 24.3 Å². The van der Waals surface area contributed by atoms with Gasteiger partial charge in [0.2, 0.25) is 5.95 Å². The minimum Gasteiger partial charge on any atom is -0.381 e. The molecule has 1 fully saturated rings. The zero-order chi connectivity index (χ0) is 18.5. The van der Waals surface area contributed by atoms with E-state index in [1.54, 1.807) is 6.20 Å². The number of anilines is 3. The number of rotatable bonds is 8. The average molecular weight is 352 g/mol. The van der Waals surface area contributed by atoms with Crippen LogP contribution in [0.15, 0.2) is 37.1 Å². The maximum Gasteiger partial charge on any atom is 0.224 e. The highest BCUT2D eigenvalue weighted by Gasteiger charge is 2.18. The molecule has 0 atom stereocenters. The quantitative estimate of drug-likeness (QED) is 0.711. The number of nitrogens with one attached hydrogen (secondary N) is 2. The largest absolute Gasteiger partial charge is 0.381 e. The van der Waals surface area contributed by atoms with Crippen LogP contribution in [-0.4, -0.2) is 35.5 Å². The molecule has 26 heavy (non-hydrogen) atoms. The van der Waals surface area contributed by atoms with Crippen molar-refractivity contribution < 1.29 is 9.53 Å². The number of benzene rings is 1.